The maximum absolute atomic E-state index is 5.57. The highest BCUT2D eigenvalue weighted by Crippen LogP contribution is 2.20. The second kappa shape index (κ2) is 5.89. The minimum absolute atomic E-state index is 0.694. The number of nitrogens with two attached hydrogens (primary N) is 1. The van der Waals surface area contributed by atoms with Crippen LogP contribution in [0.2, 0.25) is 0 Å². The van der Waals surface area contributed by atoms with E-state index in [1.807, 2.05) is 32.9 Å². The van der Waals surface area contributed by atoms with Crippen molar-refractivity contribution < 1.29 is 0 Å². The van der Waals surface area contributed by atoms with Crippen molar-refractivity contribution in [1.29, 1.82) is 0 Å². The van der Waals surface area contributed by atoms with Gasteiger partial charge in [-0.15, -0.1) is 0 Å². The van der Waals surface area contributed by atoms with E-state index in [2.05, 4.69) is 15.0 Å². The number of aromatic nitrogens is 3. The Morgan fingerprint density at radius 1 is 1.11 bits per heavy atom. The zero-order valence-corrected chi connectivity index (χ0v) is 11.8. The molecule has 2 rings (SSSR count). The number of nitrogens with zero attached hydrogens (tertiary/aromatic N) is 3. The summed E-state index contributed by atoms with van der Waals surface area (Å²) in [5.74, 6) is 0.713. The van der Waals surface area contributed by atoms with E-state index in [-0.39, 0.29) is 0 Å². The van der Waals surface area contributed by atoms with E-state index in [1.54, 1.807) is 6.20 Å². The minimum atomic E-state index is 0.694. The van der Waals surface area contributed by atoms with Crippen LogP contribution in [-0.4, -0.2) is 21.5 Å². The average molecular weight is 256 g/mol. The summed E-state index contributed by atoms with van der Waals surface area (Å²) in [7, 11) is 0. The Labute approximate surface area is 114 Å². The molecule has 2 heterocycles. The third-order valence-corrected chi connectivity index (χ3v) is 3.27. The lowest BCUT2D eigenvalue weighted by Gasteiger charge is -2.11. The van der Waals surface area contributed by atoms with Crippen LogP contribution in [0.3, 0.4) is 0 Å². The van der Waals surface area contributed by atoms with Crippen LogP contribution in [0.1, 0.15) is 28.9 Å². The van der Waals surface area contributed by atoms with Crippen molar-refractivity contribution >= 4 is 0 Å². The van der Waals surface area contributed by atoms with Gasteiger partial charge in [0.05, 0.1) is 0 Å². The van der Waals surface area contributed by atoms with Gasteiger partial charge in [0.1, 0.15) is 5.69 Å². The molecule has 0 aliphatic heterocycles. The zero-order chi connectivity index (χ0) is 13.8. The molecule has 2 aromatic rings. The molecule has 0 fully saturated rings. The molecule has 0 aliphatic rings. The Bertz CT molecular complexity index is 555. The van der Waals surface area contributed by atoms with Crippen molar-refractivity contribution in [3.8, 4) is 11.5 Å². The molecule has 19 heavy (non-hydrogen) atoms. The molecular weight excluding hydrogens is 236 g/mol. The first-order valence-electron chi connectivity index (χ1n) is 6.59. The summed E-state index contributed by atoms with van der Waals surface area (Å²) in [6.07, 6.45) is 3.68. The quantitative estimate of drug-likeness (QED) is 0.912. The molecule has 0 aromatic carbocycles. The number of aryl methyl sites for hydroxylation is 3. The molecule has 4 nitrogen and oxygen atoms in total. The molecule has 2 aromatic heterocycles. The lowest BCUT2D eigenvalue weighted by atomic mass is 10.1. The van der Waals surface area contributed by atoms with Gasteiger partial charge in [0, 0.05) is 17.6 Å². The Morgan fingerprint density at radius 3 is 2.37 bits per heavy atom. The maximum atomic E-state index is 5.57. The summed E-state index contributed by atoms with van der Waals surface area (Å²) < 4.78 is 0. The van der Waals surface area contributed by atoms with Crippen LogP contribution in [0, 0.1) is 20.8 Å². The van der Waals surface area contributed by atoms with E-state index in [9.17, 15) is 0 Å². The normalized spacial score (nSPS) is 10.7. The van der Waals surface area contributed by atoms with Crippen molar-refractivity contribution in [2.24, 2.45) is 5.73 Å². The third kappa shape index (κ3) is 2.96. The molecule has 0 saturated heterocycles. The molecule has 0 radical (unpaired) electrons. The summed E-state index contributed by atoms with van der Waals surface area (Å²) in [6.45, 7) is 6.78. The maximum Gasteiger partial charge on any atom is 0.178 e. The molecule has 0 unspecified atom stereocenters. The number of rotatable bonds is 4. The molecule has 0 bridgehead atoms. The minimum Gasteiger partial charge on any atom is -0.330 e. The highest BCUT2D eigenvalue weighted by atomic mass is 14.9. The number of hydrogen-bond acceptors (Lipinski definition) is 4. The molecule has 0 saturated carbocycles. The van der Waals surface area contributed by atoms with Crippen LogP contribution in [0.5, 0.6) is 0 Å². The summed E-state index contributed by atoms with van der Waals surface area (Å²) >= 11 is 0. The van der Waals surface area contributed by atoms with E-state index in [4.69, 9.17) is 5.73 Å². The monoisotopic (exact) mass is 256 g/mol. The fourth-order valence-electron chi connectivity index (χ4n) is 2.21. The lowest BCUT2D eigenvalue weighted by molar-refractivity contribution is 0.805. The van der Waals surface area contributed by atoms with Crippen LogP contribution in [-0.2, 0) is 6.42 Å². The molecular formula is C15H20N4. The van der Waals surface area contributed by atoms with Crippen molar-refractivity contribution in [3.05, 3.63) is 40.8 Å². The Hall–Kier alpha value is -1.81. The fraction of sp³-hybridized carbons (Fsp3) is 0.400. The van der Waals surface area contributed by atoms with E-state index < -0.39 is 0 Å². The van der Waals surface area contributed by atoms with Crippen LogP contribution in [0.4, 0.5) is 0 Å². The Balaban J connectivity index is 2.43. The van der Waals surface area contributed by atoms with Crippen molar-refractivity contribution in [3.63, 3.8) is 0 Å². The predicted octanol–water partition coefficient (Wildman–Crippen LogP) is 2.36. The van der Waals surface area contributed by atoms with Gasteiger partial charge in [-0.05, 0) is 57.4 Å². The van der Waals surface area contributed by atoms with E-state index >= 15 is 0 Å². The topological polar surface area (TPSA) is 64.7 Å². The summed E-state index contributed by atoms with van der Waals surface area (Å²) in [5, 5.41) is 0. The molecule has 0 atom stereocenters. The van der Waals surface area contributed by atoms with Gasteiger partial charge in [-0.3, -0.25) is 4.98 Å². The summed E-state index contributed by atoms with van der Waals surface area (Å²) in [4.78, 5) is 13.6. The van der Waals surface area contributed by atoms with Crippen LogP contribution >= 0.6 is 0 Å². The molecule has 0 spiro atoms. The predicted molar refractivity (Wildman–Crippen MR) is 76.8 cm³/mol. The van der Waals surface area contributed by atoms with E-state index in [0.717, 1.165) is 35.5 Å². The third-order valence-electron chi connectivity index (χ3n) is 3.27. The molecule has 2 N–H and O–H groups in total. The van der Waals surface area contributed by atoms with Gasteiger partial charge in [0.25, 0.3) is 0 Å². The fourth-order valence-corrected chi connectivity index (χ4v) is 2.21. The van der Waals surface area contributed by atoms with Gasteiger partial charge in [0.2, 0.25) is 0 Å². The summed E-state index contributed by atoms with van der Waals surface area (Å²) in [5.41, 5.74) is 10.8. The van der Waals surface area contributed by atoms with Gasteiger partial charge in [-0.1, -0.05) is 6.07 Å². The zero-order valence-electron chi connectivity index (χ0n) is 11.8. The van der Waals surface area contributed by atoms with Crippen molar-refractivity contribution in [2.45, 2.75) is 33.6 Å². The first-order valence-corrected chi connectivity index (χ1v) is 6.59. The van der Waals surface area contributed by atoms with Crippen molar-refractivity contribution in [2.75, 3.05) is 6.54 Å². The van der Waals surface area contributed by atoms with Gasteiger partial charge in [-0.2, -0.15) is 0 Å². The highest BCUT2D eigenvalue weighted by molar-refractivity contribution is 5.55. The van der Waals surface area contributed by atoms with Crippen molar-refractivity contribution in [1.82, 2.24) is 15.0 Å². The lowest BCUT2D eigenvalue weighted by Crippen LogP contribution is -2.07. The second-order valence-electron chi connectivity index (χ2n) is 4.76. The van der Waals surface area contributed by atoms with Gasteiger partial charge < -0.3 is 5.73 Å². The molecule has 4 heteroatoms. The Kier molecular flexibility index (Phi) is 4.22. The summed E-state index contributed by atoms with van der Waals surface area (Å²) in [6, 6.07) is 3.95. The van der Waals surface area contributed by atoms with Crippen LogP contribution < -0.4 is 5.73 Å². The van der Waals surface area contributed by atoms with Gasteiger partial charge >= 0.3 is 0 Å². The molecule has 100 valence electrons. The Morgan fingerprint density at radius 2 is 1.79 bits per heavy atom. The largest absolute Gasteiger partial charge is 0.330 e. The van der Waals surface area contributed by atoms with E-state index in [0.29, 0.717) is 12.4 Å². The average Bonchev–Trinajstić information content (AvgIpc) is 2.38. The molecule has 0 aliphatic carbocycles. The van der Waals surface area contributed by atoms with Gasteiger partial charge in [-0.25, -0.2) is 9.97 Å². The molecule has 0 amide bonds. The van der Waals surface area contributed by atoms with Crippen LogP contribution in [0.15, 0.2) is 18.3 Å². The highest BCUT2D eigenvalue weighted by Gasteiger charge is 2.11. The first kappa shape index (κ1) is 13.6. The number of hydrogen-bond donors (Lipinski definition) is 1. The smallest absolute Gasteiger partial charge is 0.178 e. The van der Waals surface area contributed by atoms with E-state index in [1.165, 1.54) is 5.56 Å². The second-order valence-corrected chi connectivity index (χ2v) is 4.76. The number of pyridine rings is 1. The first-order chi connectivity index (χ1) is 9.13. The van der Waals surface area contributed by atoms with Crippen LogP contribution in [0.25, 0.3) is 11.5 Å². The SMILES string of the molecule is Cc1cccnc1-c1nc(C)c(CCCN)c(C)n1. The standard InChI is InChI=1S/C15H20N4/c1-10-6-5-9-17-14(10)15-18-11(2)13(7-4-8-16)12(3)19-15/h5-6,9H,4,7-8,16H2,1-3H3. The van der Waals surface area contributed by atoms with Gasteiger partial charge in [0.15, 0.2) is 5.82 Å².